The SMILES string of the molecule is CN(CC1CCN(c2ccccc2)C1)c1nnc(C(C)(C)C)o1. The molecule has 5 nitrogen and oxygen atoms in total. The fraction of sp³-hybridized carbons (Fsp3) is 0.556. The Morgan fingerprint density at radius 3 is 2.61 bits per heavy atom. The predicted octanol–water partition coefficient (Wildman–Crippen LogP) is 3.33. The van der Waals surface area contributed by atoms with Crippen LogP contribution in [0.5, 0.6) is 0 Å². The first kappa shape index (κ1) is 15.8. The van der Waals surface area contributed by atoms with Crippen molar-refractivity contribution in [1.29, 1.82) is 0 Å². The van der Waals surface area contributed by atoms with E-state index in [1.54, 1.807) is 0 Å². The molecule has 0 bridgehead atoms. The van der Waals surface area contributed by atoms with Gasteiger partial charge < -0.3 is 14.2 Å². The van der Waals surface area contributed by atoms with Gasteiger partial charge in [-0.1, -0.05) is 44.1 Å². The van der Waals surface area contributed by atoms with Crippen molar-refractivity contribution in [1.82, 2.24) is 10.2 Å². The van der Waals surface area contributed by atoms with E-state index in [1.807, 2.05) is 7.05 Å². The lowest BCUT2D eigenvalue weighted by molar-refractivity contribution is 0.390. The number of para-hydroxylation sites is 1. The standard InChI is InChI=1S/C18H26N4O/c1-18(2,3)16-19-20-17(23-16)21(4)12-14-10-11-22(13-14)15-8-6-5-7-9-15/h5-9,14H,10-13H2,1-4H3. The molecule has 0 N–H and O–H groups in total. The second kappa shape index (κ2) is 6.22. The van der Waals surface area contributed by atoms with E-state index in [-0.39, 0.29) is 5.41 Å². The van der Waals surface area contributed by atoms with E-state index in [1.165, 1.54) is 12.1 Å². The molecule has 2 heterocycles. The zero-order valence-electron chi connectivity index (χ0n) is 14.5. The fourth-order valence-electron chi connectivity index (χ4n) is 2.99. The summed E-state index contributed by atoms with van der Waals surface area (Å²) in [5.41, 5.74) is 1.20. The number of benzene rings is 1. The van der Waals surface area contributed by atoms with Crippen LogP contribution in [0.3, 0.4) is 0 Å². The fourth-order valence-corrected chi connectivity index (χ4v) is 2.99. The Morgan fingerprint density at radius 2 is 1.96 bits per heavy atom. The predicted molar refractivity (Wildman–Crippen MR) is 93.0 cm³/mol. The first-order valence-electron chi connectivity index (χ1n) is 8.28. The first-order chi connectivity index (χ1) is 10.9. The highest BCUT2D eigenvalue weighted by atomic mass is 16.4. The molecule has 2 aromatic rings. The molecule has 0 amide bonds. The lowest BCUT2D eigenvalue weighted by atomic mass is 9.97. The summed E-state index contributed by atoms with van der Waals surface area (Å²) in [7, 11) is 2.03. The van der Waals surface area contributed by atoms with Gasteiger partial charge in [-0.15, -0.1) is 5.10 Å². The largest absolute Gasteiger partial charge is 0.407 e. The van der Waals surface area contributed by atoms with Crippen LogP contribution in [0.1, 0.15) is 33.1 Å². The maximum Gasteiger partial charge on any atom is 0.317 e. The Kier molecular flexibility index (Phi) is 4.28. The van der Waals surface area contributed by atoms with Gasteiger partial charge in [0, 0.05) is 37.8 Å². The van der Waals surface area contributed by atoms with Crippen molar-refractivity contribution in [2.75, 3.05) is 36.5 Å². The summed E-state index contributed by atoms with van der Waals surface area (Å²) in [6.45, 7) is 9.38. The van der Waals surface area contributed by atoms with Gasteiger partial charge in [-0.25, -0.2) is 0 Å². The number of nitrogens with zero attached hydrogens (tertiary/aromatic N) is 4. The van der Waals surface area contributed by atoms with E-state index in [9.17, 15) is 0 Å². The van der Waals surface area contributed by atoms with Gasteiger partial charge in [-0.3, -0.25) is 0 Å². The van der Waals surface area contributed by atoms with E-state index < -0.39 is 0 Å². The summed E-state index contributed by atoms with van der Waals surface area (Å²) < 4.78 is 5.82. The number of anilines is 2. The maximum atomic E-state index is 5.82. The highest BCUT2D eigenvalue weighted by Gasteiger charge is 2.26. The third kappa shape index (κ3) is 3.66. The highest BCUT2D eigenvalue weighted by molar-refractivity contribution is 5.47. The van der Waals surface area contributed by atoms with Gasteiger partial charge in [-0.05, 0) is 24.5 Å². The second-order valence-electron chi connectivity index (χ2n) is 7.46. The van der Waals surface area contributed by atoms with E-state index >= 15 is 0 Å². The Labute approximate surface area is 138 Å². The summed E-state index contributed by atoms with van der Waals surface area (Å²) >= 11 is 0. The highest BCUT2D eigenvalue weighted by Crippen LogP contribution is 2.26. The van der Waals surface area contributed by atoms with Crippen LogP contribution in [0.15, 0.2) is 34.7 Å². The molecule has 0 radical (unpaired) electrons. The van der Waals surface area contributed by atoms with Crippen molar-refractivity contribution >= 4 is 11.7 Å². The lowest BCUT2D eigenvalue weighted by Crippen LogP contribution is -2.28. The van der Waals surface area contributed by atoms with Crippen LogP contribution in [-0.4, -0.2) is 36.9 Å². The monoisotopic (exact) mass is 314 g/mol. The van der Waals surface area contributed by atoms with Crippen molar-refractivity contribution in [3.63, 3.8) is 0 Å². The van der Waals surface area contributed by atoms with Gasteiger partial charge in [0.2, 0.25) is 5.89 Å². The average molecular weight is 314 g/mol. The lowest BCUT2D eigenvalue weighted by Gasteiger charge is -2.21. The normalized spacial score (nSPS) is 18.4. The van der Waals surface area contributed by atoms with Gasteiger partial charge in [0.15, 0.2) is 0 Å². The number of hydrogen-bond donors (Lipinski definition) is 0. The van der Waals surface area contributed by atoms with Gasteiger partial charge in [0.25, 0.3) is 0 Å². The average Bonchev–Trinajstić information content (AvgIpc) is 3.17. The van der Waals surface area contributed by atoms with Crippen molar-refractivity contribution in [2.24, 2.45) is 5.92 Å². The first-order valence-corrected chi connectivity index (χ1v) is 8.28. The quantitative estimate of drug-likeness (QED) is 0.866. The molecule has 1 fully saturated rings. The Bertz CT molecular complexity index is 632. The molecule has 0 spiro atoms. The van der Waals surface area contributed by atoms with Gasteiger partial charge >= 0.3 is 6.01 Å². The molecular formula is C18H26N4O. The van der Waals surface area contributed by atoms with E-state index in [4.69, 9.17) is 4.42 Å². The molecular weight excluding hydrogens is 288 g/mol. The molecule has 1 aliphatic heterocycles. The summed E-state index contributed by atoms with van der Waals surface area (Å²) in [5, 5.41) is 8.37. The molecule has 0 saturated carbocycles. The van der Waals surface area contributed by atoms with Crippen molar-refractivity contribution in [3.8, 4) is 0 Å². The zero-order chi connectivity index (χ0) is 16.4. The smallest absolute Gasteiger partial charge is 0.317 e. The summed E-state index contributed by atoms with van der Waals surface area (Å²) in [6.07, 6.45) is 1.19. The molecule has 1 saturated heterocycles. The Balaban J connectivity index is 1.59. The molecule has 1 unspecified atom stereocenters. The molecule has 0 aliphatic carbocycles. The third-order valence-corrected chi connectivity index (χ3v) is 4.32. The Hall–Kier alpha value is -2.04. The minimum Gasteiger partial charge on any atom is -0.407 e. The topological polar surface area (TPSA) is 45.4 Å². The van der Waals surface area contributed by atoms with Crippen LogP contribution in [0.25, 0.3) is 0 Å². The van der Waals surface area contributed by atoms with Crippen LogP contribution in [0, 0.1) is 5.92 Å². The van der Waals surface area contributed by atoms with Crippen LogP contribution < -0.4 is 9.80 Å². The maximum absolute atomic E-state index is 5.82. The van der Waals surface area contributed by atoms with E-state index in [0.717, 1.165) is 19.6 Å². The molecule has 23 heavy (non-hydrogen) atoms. The number of hydrogen-bond acceptors (Lipinski definition) is 5. The minimum atomic E-state index is -0.108. The molecule has 1 aliphatic rings. The molecule has 1 aromatic heterocycles. The number of aromatic nitrogens is 2. The third-order valence-electron chi connectivity index (χ3n) is 4.32. The van der Waals surface area contributed by atoms with Gasteiger partial charge in [-0.2, -0.15) is 0 Å². The number of rotatable bonds is 4. The van der Waals surface area contributed by atoms with E-state index in [0.29, 0.717) is 17.8 Å². The minimum absolute atomic E-state index is 0.108. The molecule has 5 heteroatoms. The Morgan fingerprint density at radius 1 is 1.22 bits per heavy atom. The van der Waals surface area contributed by atoms with Gasteiger partial charge in [0.05, 0.1) is 0 Å². The zero-order valence-corrected chi connectivity index (χ0v) is 14.5. The summed E-state index contributed by atoms with van der Waals surface area (Å²) in [6, 6.07) is 11.2. The second-order valence-corrected chi connectivity index (χ2v) is 7.46. The van der Waals surface area contributed by atoms with E-state index in [2.05, 4.69) is 71.1 Å². The van der Waals surface area contributed by atoms with Crippen LogP contribution >= 0.6 is 0 Å². The van der Waals surface area contributed by atoms with Crippen molar-refractivity contribution in [3.05, 3.63) is 36.2 Å². The molecule has 1 aromatic carbocycles. The molecule has 124 valence electrons. The van der Waals surface area contributed by atoms with Crippen molar-refractivity contribution in [2.45, 2.75) is 32.6 Å². The van der Waals surface area contributed by atoms with Gasteiger partial charge in [0.1, 0.15) is 0 Å². The van der Waals surface area contributed by atoms with Crippen molar-refractivity contribution < 1.29 is 4.42 Å². The summed E-state index contributed by atoms with van der Waals surface area (Å²) in [5.74, 6) is 1.31. The van der Waals surface area contributed by atoms with Crippen LogP contribution in [0.2, 0.25) is 0 Å². The molecule has 1 atom stereocenters. The van der Waals surface area contributed by atoms with Crippen LogP contribution in [0.4, 0.5) is 11.7 Å². The van der Waals surface area contributed by atoms with Crippen LogP contribution in [-0.2, 0) is 5.41 Å². The molecule has 3 rings (SSSR count). The summed E-state index contributed by atoms with van der Waals surface area (Å²) in [4.78, 5) is 4.54.